The van der Waals surface area contributed by atoms with E-state index in [0.29, 0.717) is 35.0 Å². The van der Waals surface area contributed by atoms with Crippen molar-refractivity contribution in [3.63, 3.8) is 0 Å². The molecule has 1 rings (SSSR count). The number of esters is 1. The first-order valence-electron chi connectivity index (χ1n) is 9.73. The van der Waals surface area contributed by atoms with E-state index in [1.165, 1.54) is 0 Å². The number of carbonyl (C=O) groups excluding carboxylic acids is 3. The molecule has 6 heteroatoms. The standard InChI is InChI=1S/C21H34N2O4/c1-9-27-21(26)18-14(6)17(15(7)22-18)19(24)16(8)23(11-10-12(2)3)20(25)13(4)5/h12-13,16,22H,9-11H2,1-8H3/t16-/m0/s1. The van der Waals surface area contributed by atoms with Gasteiger partial charge < -0.3 is 14.6 Å². The van der Waals surface area contributed by atoms with E-state index in [-0.39, 0.29) is 24.2 Å². The molecule has 0 saturated heterocycles. The van der Waals surface area contributed by atoms with Crippen molar-refractivity contribution in [2.24, 2.45) is 11.8 Å². The zero-order valence-corrected chi connectivity index (χ0v) is 17.9. The van der Waals surface area contributed by atoms with Crippen LogP contribution in [0.1, 0.15) is 80.1 Å². The highest BCUT2D eigenvalue weighted by molar-refractivity contribution is 6.06. The maximum atomic E-state index is 13.2. The fraction of sp³-hybridized carbons (Fsp3) is 0.667. The Labute approximate surface area is 162 Å². The molecule has 0 spiro atoms. The van der Waals surface area contributed by atoms with Crippen molar-refractivity contribution in [3.05, 3.63) is 22.5 Å². The number of aromatic amines is 1. The van der Waals surface area contributed by atoms with Gasteiger partial charge in [0, 0.05) is 23.7 Å². The number of nitrogens with zero attached hydrogens (tertiary/aromatic N) is 1. The van der Waals surface area contributed by atoms with E-state index in [1.807, 2.05) is 13.8 Å². The normalized spacial score (nSPS) is 12.4. The molecule has 0 saturated carbocycles. The first-order chi connectivity index (χ1) is 12.5. The molecule has 27 heavy (non-hydrogen) atoms. The summed E-state index contributed by atoms with van der Waals surface area (Å²) in [6.45, 7) is 15.7. The van der Waals surface area contributed by atoms with E-state index in [1.54, 1.807) is 32.6 Å². The van der Waals surface area contributed by atoms with Crippen LogP contribution in [-0.2, 0) is 9.53 Å². The van der Waals surface area contributed by atoms with E-state index in [2.05, 4.69) is 18.8 Å². The summed E-state index contributed by atoms with van der Waals surface area (Å²) in [7, 11) is 0. The van der Waals surface area contributed by atoms with E-state index < -0.39 is 12.0 Å². The second kappa shape index (κ2) is 9.72. The van der Waals surface area contributed by atoms with Gasteiger partial charge in [-0.05, 0) is 45.6 Å². The average Bonchev–Trinajstić information content (AvgIpc) is 2.88. The van der Waals surface area contributed by atoms with Crippen LogP contribution in [0.4, 0.5) is 0 Å². The molecule has 0 bridgehead atoms. The molecule has 1 amide bonds. The predicted octanol–water partition coefficient (Wildman–Crippen LogP) is 3.91. The number of carbonyl (C=O) groups is 3. The topological polar surface area (TPSA) is 79.5 Å². The molecule has 0 aromatic carbocycles. The summed E-state index contributed by atoms with van der Waals surface area (Å²) >= 11 is 0. The first kappa shape index (κ1) is 22.9. The Balaban J connectivity index is 3.20. The summed E-state index contributed by atoms with van der Waals surface area (Å²) in [6, 6.07) is -0.595. The molecular formula is C21H34N2O4. The zero-order chi connectivity index (χ0) is 20.9. The Hall–Kier alpha value is -2.11. The van der Waals surface area contributed by atoms with Crippen molar-refractivity contribution in [2.45, 2.75) is 67.9 Å². The minimum atomic E-state index is -0.595. The van der Waals surface area contributed by atoms with Gasteiger partial charge in [-0.1, -0.05) is 27.7 Å². The van der Waals surface area contributed by atoms with Gasteiger partial charge in [0.15, 0.2) is 5.78 Å². The number of amides is 1. The lowest BCUT2D eigenvalue weighted by Crippen LogP contribution is -2.46. The molecule has 1 aromatic rings. The maximum Gasteiger partial charge on any atom is 0.355 e. The van der Waals surface area contributed by atoms with Crippen LogP contribution in [0.15, 0.2) is 0 Å². The Morgan fingerprint density at radius 3 is 2.15 bits per heavy atom. The Morgan fingerprint density at radius 1 is 1.07 bits per heavy atom. The van der Waals surface area contributed by atoms with Crippen molar-refractivity contribution in [3.8, 4) is 0 Å². The number of aromatic nitrogens is 1. The second-order valence-electron chi connectivity index (χ2n) is 7.75. The van der Waals surface area contributed by atoms with Gasteiger partial charge in [0.1, 0.15) is 5.69 Å². The van der Waals surface area contributed by atoms with Crippen molar-refractivity contribution in [1.29, 1.82) is 0 Å². The average molecular weight is 379 g/mol. The molecule has 0 aliphatic rings. The van der Waals surface area contributed by atoms with Crippen LogP contribution >= 0.6 is 0 Å². The zero-order valence-electron chi connectivity index (χ0n) is 17.9. The summed E-state index contributed by atoms with van der Waals surface area (Å²) in [5.74, 6) is -0.418. The predicted molar refractivity (Wildman–Crippen MR) is 106 cm³/mol. The summed E-state index contributed by atoms with van der Waals surface area (Å²) in [5, 5.41) is 0. The third kappa shape index (κ3) is 5.44. The molecule has 0 unspecified atom stereocenters. The molecule has 1 N–H and O–H groups in total. The van der Waals surface area contributed by atoms with E-state index in [4.69, 9.17) is 4.74 Å². The molecule has 1 heterocycles. The largest absolute Gasteiger partial charge is 0.461 e. The molecule has 1 aromatic heterocycles. The highest BCUT2D eigenvalue weighted by atomic mass is 16.5. The van der Waals surface area contributed by atoms with Crippen LogP contribution in [0.25, 0.3) is 0 Å². The number of ketones is 1. The third-order valence-electron chi connectivity index (χ3n) is 4.73. The van der Waals surface area contributed by atoms with Gasteiger partial charge in [-0.25, -0.2) is 4.79 Å². The van der Waals surface area contributed by atoms with Gasteiger partial charge in [-0.2, -0.15) is 0 Å². The fourth-order valence-electron chi connectivity index (χ4n) is 3.10. The molecular weight excluding hydrogens is 344 g/mol. The van der Waals surface area contributed by atoms with Gasteiger partial charge in [0.05, 0.1) is 12.6 Å². The van der Waals surface area contributed by atoms with Crippen LogP contribution < -0.4 is 0 Å². The highest BCUT2D eigenvalue weighted by Crippen LogP contribution is 2.23. The Morgan fingerprint density at radius 2 is 1.67 bits per heavy atom. The smallest absolute Gasteiger partial charge is 0.355 e. The fourth-order valence-corrected chi connectivity index (χ4v) is 3.10. The van der Waals surface area contributed by atoms with E-state index in [0.717, 1.165) is 6.42 Å². The molecule has 1 atom stereocenters. The molecule has 0 fully saturated rings. The van der Waals surface area contributed by atoms with Crippen LogP contribution in [-0.4, -0.2) is 46.7 Å². The summed E-state index contributed by atoms with van der Waals surface area (Å²) < 4.78 is 5.05. The summed E-state index contributed by atoms with van der Waals surface area (Å²) in [4.78, 5) is 42.7. The number of rotatable bonds is 9. The Bertz CT molecular complexity index is 689. The van der Waals surface area contributed by atoms with Crippen molar-refractivity contribution >= 4 is 17.7 Å². The lowest BCUT2D eigenvalue weighted by molar-refractivity contribution is -0.135. The van der Waals surface area contributed by atoms with E-state index >= 15 is 0 Å². The van der Waals surface area contributed by atoms with Gasteiger partial charge >= 0.3 is 5.97 Å². The number of Topliss-reactive ketones (excluding diaryl/α,β-unsaturated/α-hetero) is 1. The lowest BCUT2D eigenvalue weighted by atomic mass is 9.98. The summed E-state index contributed by atoms with van der Waals surface area (Å²) in [5.41, 5.74) is 1.96. The SMILES string of the molecule is CCOC(=O)c1[nH]c(C)c(C(=O)[C@H](C)N(CCC(C)C)C(=O)C(C)C)c1C. The molecule has 0 aliphatic carbocycles. The quantitative estimate of drug-likeness (QED) is 0.522. The van der Waals surface area contributed by atoms with Crippen molar-refractivity contribution in [2.75, 3.05) is 13.2 Å². The number of hydrogen-bond donors (Lipinski definition) is 1. The molecule has 0 aliphatic heterocycles. The van der Waals surface area contributed by atoms with Gasteiger partial charge in [-0.15, -0.1) is 0 Å². The van der Waals surface area contributed by atoms with E-state index in [9.17, 15) is 14.4 Å². The minimum absolute atomic E-state index is 0.0343. The Kier molecular flexibility index (Phi) is 8.25. The number of aryl methyl sites for hydroxylation is 1. The molecule has 152 valence electrons. The van der Waals surface area contributed by atoms with Gasteiger partial charge in [0.2, 0.25) is 5.91 Å². The molecule has 0 radical (unpaired) electrons. The third-order valence-corrected chi connectivity index (χ3v) is 4.73. The van der Waals surface area contributed by atoms with Gasteiger partial charge in [-0.3, -0.25) is 9.59 Å². The number of nitrogens with one attached hydrogen (secondary N) is 1. The second-order valence-corrected chi connectivity index (χ2v) is 7.75. The summed E-state index contributed by atoms with van der Waals surface area (Å²) in [6.07, 6.45) is 0.829. The monoisotopic (exact) mass is 378 g/mol. The number of ether oxygens (including phenoxy) is 1. The van der Waals surface area contributed by atoms with Crippen LogP contribution in [0, 0.1) is 25.7 Å². The highest BCUT2D eigenvalue weighted by Gasteiger charge is 2.31. The van der Waals surface area contributed by atoms with Crippen LogP contribution in [0.5, 0.6) is 0 Å². The molecule has 6 nitrogen and oxygen atoms in total. The number of H-pyrrole nitrogens is 1. The van der Waals surface area contributed by atoms with Crippen molar-refractivity contribution in [1.82, 2.24) is 9.88 Å². The maximum absolute atomic E-state index is 13.2. The van der Waals surface area contributed by atoms with Crippen molar-refractivity contribution < 1.29 is 19.1 Å². The van der Waals surface area contributed by atoms with Crippen LogP contribution in [0.3, 0.4) is 0 Å². The lowest BCUT2D eigenvalue weighted by Gasteiger charge is -2.30. The minimum Gasteiger partial charge on any atom is -0.461 e. The first-order valence-corrected chi connectivity index (χ1v) is 9.73. The number of hydrogen-bond acceptors (Lipinski definition) is 4. The van der Waals surface area contributed by atoms with Crippen LogP contribution in [0.2, 0.25) is 0 Å². The van der Waals surface area contributed by atoms with Gasteiger partial charge in [0.25, 0.3) is 0 Å².